The molecule has 4 rings (SSSR count). The van der Waals surface area contributed by atoms with Crippen LogP contribution in [0, 0.1) is 16.7 Å². The van der Waals surface area contributed by atoms with Crippen LogP contribution in [0.1, 0.15) is 49.0 Å². The normalized spacial score (nSPS) is 26.3. The molecular weight excluding hydrogens is 407 g/mol. The molecule has 31 heavy (non-hydrogen) atoms. The first-order valence-electron chi connectivity index (χ1n) is 11.0. The smallest absolute Gasteiger partial charge is 0.356 e. The number of amides is 2. The van der Waals surface area contributed by atoms with E-state index in [4.69, 9.17) is 0 Å². The summed E-state index contributed by atoms with van der Waals surface area (Å²) in [5, 5.41) is 3.04. The number of nitrogens with zero attached hydrogens (tertiary/aromatic N) is 2. The van der Waals surface area contributed by atoms with Crippen LogP contribution in [0.4, 0.5) is 13.2 Å². The summed E-state index contributed by atoms with van der Waals surface area (Å²) in [4.78, 5) is 30.0. The van der Waals surface area contributed by atoms with Gasteiger partial charge in [0.15, 0.2) is 0 Å². The van der Waals surface area contributed by atoms with E-state index in [9.17, 15) is 22.8 Å². The molecule has 0 aliphatic carbocycles. The van der Waals surface area contributed by atoms with Gasteiger partial charge in [0.25, 0.3) is 5.91 Å². The van der Waals surface area contributed by atoms with E-state index < -0.39 is 17.2 Å². The second-order valence-corrected chi connectivity index (χ2v) is 9.80. The van der Waals surface area contributed by atoms with Crippen molar-refractivity contribution in [3.63, 3.8) is 0 Å². The van der Waals surface area contributed by atoms with Crippen molar-refractivity contribution < 1.29 is 22.8 Å². The largest absolute Gasteiger partial charge is 0.416 e. The van der Waals surface area contributed by atoms with Crippen molar-refractivity contribution in [2.75, 3.05) is 39.3 Å². The topological polar surface area (TPSA) is 52.6 Å². The van der Waals surface area contributed by atoms with Crippen molar-refractivity contribution in [1.29, 1.82) is 0 Å². The number of alkyl halides is 3. The van der Waals surface area contributed by atoms with E-state index in [-0.39, 0.29) is 22.8 Å². The van der Waals surface area contributed by atoms with Gasteiger partial charge in [0.2, 0.25) is 5.91 Å². The van der Waals surface area contributed by atoms with E-state index in [1.807, 2.05) is 0 Å². The number of carbonyl (C=O) groups excluding carboxylic acids is 2. The van der Waals surface area contributed by atoms with Crippen LogP contribution in [0.2, 0.25) is 0 Å². The van der Waals surface area contributed by atoms with E-state index in [2.05, 4.69) is 24.1 Å². The van der Waals surface area contributed by atoms with Gasteiger partial charge < -0.3 is 15.1 Å². The summed E-state index contributed by atoms with van der Waals surface area (Å²) in [6.07, 6.45) is -2.12. The first-order valence-corrected chi connectivity index (χ1v) is 11.0. The van der Waals surface area contributed by atoms with E-state index >= 15 is 0 Å². The molecule has 3 heterocycles. The van der Waals surface area contributed by atoms with E-state index in [1.54, 1.807) is 4.90 Å². The quantitative estimate of drug-likeness (QED) is 0.789. The molecule has 3 aliphatic rings. The number of nitrogens with one attached hydrogen (secondary N) is 1. The van der Waals surface area contributed by atoms with Crippen molar-refractivity contribution in [2.45, 2.75) is 39.3 Å². The summed E-state index contributed by atoms with van der Waals surface area (Å²) in [5.74, 6) is 0.407. The Labute approximate surface area is 181 Å². The maximum absolute atomic E-state index is 12.9. The minimum atomic E-state index is -4.42. The Balaban J connectivity index is 1.48. The van der Waals surface area contributed by atoms with E-state index in [0.717, 1.165) is 51.0 Å². The zero-order chi connectivity index (χ0) is 22.4. The zero-order valence-corrected chi connectivity index (χ0v) is 18.1. The highest BCUT2D eigenvalue weighted by Crippen LogP contribution is 2.56. The van der Waals surface area contributed by atoms with Gasteiger partial charge in [-0.15, -0.1) is 0 Å². The van der Waals surface area contributed by atoms with Gasteiger partial charge in [-0.1, -0.05) is 13.8 Å². The summed E-state index contributed by atoms with van der Waals surface area (Å²) >= 11 is 0. The first-order chi connectivity index (χ1) is 14.6. The Bertz CT molecular complexity index is 845. The lowest BCUT2D eigenvalue weighted by molar-refractivity contribution is -0.137. The molecule has 1 aromatic carbocycles. The van der Waals surface area contributed by atoms with Gasteiger partial charge in [0.1, 0.15) is 0 Å². The number of halogens is 3. The molecule has 1 N–H and O–H groups in total. The predicted octanol–water partition coefficient (Wildman–Crippen LogP) is 3.41. The number of fused-ring (bicyclic) bond motifs is 1. The van der Waals surface area contributed by atoms with Gasteiger partial charge >= 0.3 is 6.18 Å². The monoisotopic (exact) mass is 437 g/mol. The molecule has 2 amide bonds. The molecule has 1 aromatic rings. The highest BCUT2D eigenvalue weighted by atomic mass is 19.4. The number of piperidine rings is 1. The maximum Gasteiger partial charge on any atom is 0.416 e. The van der Waals surface area contributed by atoms with Crippen LogP contribution >= 0.6 is 0 Å². The summed E-state index contributed by atoms with van der Waals surface area (Å²) in [6.45, 7) is 8.67. The van der Waals surface area contributed by atoms with Gasteiger partial charge in [-0.2, -0.15) is 13.2 Å². The fourth-order valence-electron chi connectivity index (χ4n) is 5.92. The van der Waals surface area contributed by atoms with Crippen molar-refractivity contribution >= 4 is 11.8 Å². The van der Waals surface area contributed by atoms with Crippen LogP contribution < -0.4 is 5.32 Å². The fraction of sp³-hybridized carbons (Fsp3) is 0.652. The van der Waals surface area contributed by atoms with Crippen molar-refractivity contribution in [2.24, 2.45) is 16.7 Å². The fourth-order valence-corrected chi connectivity index (χ4v) is 5.92. The van der Waals surface area contributed by atoms with E-state index in [1.165, 1.54) is 12.1 Å². The molecule has 1 atom stereocenters. The minimum absolute atomic E-state index is 0.140. The standard InChI is InChI=1S/C23H30F3N3O2/c1-16(2)13-28-14-21(22(15-28)7-10-27-20(22)31)8-11-29(12-9-21)19(30)17-3-5-18(6-4-17)23(24,25)26/h3-6,16H,7-15H2,1-2H3,(H,27,31). The zero-order valence-electron chi connectivity index (χ0n) is 18.1. The molecule has 0 radical (unpaired) electrons. The number of hydrogen-bond donors (Lipinski definition) is 1. The Kier molecular flexibility index (Phi) is 5.56. The molecule has 1 unspecified atom stereocenters. The molecule has 0 saturated carbocycles. The molecule has 3 saturated heterocycles. The van der Waals surface area contributed by atoms with Crippen molar-refractivity contribution in [3.8, 4) is 0 Å². The average Bonchev–Trinajstić information content (AvgIpc) is 3.22. The molecule has 3 fully saturated rings. The lowest BCUT2D eigenvalue weighted by atomic mass is 9.60. The second kappa shape index (κ2) is 7.80. The molecule has 5 nitrogen and oxygen atoms in total. The summed E-state index contributed by atoms with van der Waals surface area (Å²) in [6, 6.07) is 4.41. The summed E-state index contributed by atoms with van der Waals surface area (Å²) in [7, 11) is 0. The second-order valence-electron chi connectivity index (χ2n) is 9.80. The lowest BCUT2D eigenvalue weighted by Gasteiger charge is -2.46. The van der Waals surface area contributed by atoms with Crippen molar-refractivity contribution in [3.05, 3.63) is 35.4 Å². The molecule has 0 bridgehead atoms. The van der Waals surface area contributed by atoms with Gasteiger partial charge in [0.05, 0.1) is 11.0 Å². The van der Waals surface area contributed by atoms with Gasteiger partial charge in [0, 0.05) is 50.2 Å². The number of likely N-dealkylation sites (tertiary alicyclic amines) is 2. The number of benzene rings is 1. The maximum atomic E-state index is 12.9. The van der Waals surface area contributed by atoms with Crippen LogP contribution in [-0.4, -0.2) is 60.9 Å². The molecule has 3 aliphatic heterocycles. The number of carbonyl (C=O) groups is 2. The Morgan fingerprint density at radius 3 is 2.26 bits per heavy atom. The highest BCUT2D eigenvalue weighted by molar-refractivity contribution is 5.94. The van der Waals surface area contributed by atoms with Crippen LogP contribution in [0.15, 0.2) is 24.3 Å². The Morgan fingerprint density at radius 1 is 1.10 bits per heavy atom. The molecule has 0 aromatic heterocycles. The SMILES string of the molecule is CC(C)CN1CC2(CCN(C(=O)c3ccc(C(F)(F)F)cc3)CC2)C2(CCNC2=O)C1. The van der Waals surface area contributed by atoms with E-state index in [0.29, 0.717) is 25.6 Å². The van der Waals surface area contributed by atoms with Crippen LogP contribution in [0.3, 0.4) is 0 Å². The first kappa shape index (κ1) is 22.1. The van der Waals surface area contributed by atoms with Crippen LogP contribution in [0.5, 0.6) is 0 Å². The van der Waals surface area contributed by atoms with Gasteiger partial charge in [-0.3, -0.25) is 9.59 Å². The molecular formula is C23H30F3N3O2. The predicted molar refractivity (Wildman–Crippen MR) is 110 cm³/mol. The summed E-state index contributed by atoms with van der Waals surface area (Å²) in [5.41, 5.74) is -1.04. The van der Waals surface area contributed by atoms with Crippen LogP contribution in [-0.2, 0) is 11.0 Å². The third kappa shape index (κ3) is 3.83. The third-order valence-electron chi connectivity index (χ3n) is 7.40. The highest BCUT2D eigenvalue weighted by Gasteiger charge is 2.63. The van der Waals surface area contributed by atoms with Gasteiger partial charge in [-0.25, -0.2) is 0 Å². The molecule has 8 heteroatoms. The average molecular weight is 438 g/mol. The van der Waals surface area contributed by atoms with Crippen LogP contribution in [0.25, 0.3) is 0 Å². The Morgan fingerprint density at radius 2 is 1.74 bits per heavy atom. The van der Waals surface area contributed by atoms with Crippen molar-refractivity contribution in [1.82, 2.24) is 15.1 Å². The third-order valence-corrected chi connectivity index (χ3v) is 7.40. The summed E-state index contributed by atoms with van der Waals surface area (Å²) < 4.78 is 38.4. The Hall–Kier alpha value is -2.09. The minimum Gasteiger partial charge on any atom is -0.356 e. The number of rotatable bonds is 3. The number of hydrogen-bond acceptors (Lipinski definition) is 3. The molecule has 170 valence electrons. The molecule has 2 spiro atoms. The van der Waals surface area contributed by atoms with Gasteiger partial charge in [-0.05, 0) is 49.4 Å². The lowest BCUT2D eigenvalue weighted by Crippen LogP contribution is -2.53.